The topological polar surface area (TPSA) is 51.1 Å². The van der Waals surface area contributed by atoms with E-state index in [2.05, 4.69) is 5.32 Å². The third kappa shape index (κ3) is 4.28. The van der Waals surface area contributed by atoms with Crippen molar-refractivity contribution in [1.82, 2.24) is 9.88 Å². The van der Waals surface area contributed by atoms with Crippen LogP contribution in [0.1, 0.15) is 21.5 Å². The van der Waals surface area contributed by atoms with E-state index in [1.807, 2.05) is 30.5 Å². The van der Waals surface area contributed by atoms with Crippen molar-refractivity contribution >= 4 is 17.7 Å². The summed E-state index contributed by atoms with van der Waals surface area (Å²) in [6, 6.07) is 15.1. The molecule has 0 saturated heterocycles. The van der Waals surface area contributed by atoms with Gasteiger partial charge in [0.2, 0.25) is 0 Å². The number of aryl methyl sites for hydroxylation is 1. The highest BCUT2D eigenvalue weighted by atomic mass is 32.2. The summed E-state index contributed by atoms with van der Waals surface area (Å²) in [5.74, 6) is -0.812. The molecule has 1 aromatic heterocycles. The molecule has 1 N–H and O–H groups in total. The van der Waals surface area contributed by atoms with E-state index in [4.69, 9.17) is 0 Å². The van der Waals surface area contributed by atoms with Gasteiger partial charge in [-0.3, -0.25) is 14.2 Å². The first-order chi connectivity index (χ1) is 13.0. The Kier molecular flexibility index (Phi) is 5.76. The van der Waals surface area contributed by atoms with Gasteiger partial charge in [-0.05, 0) is 66.8 Å². The minimum atomic E-state index is -0.433. The lowest BCUT2D eigenvalue weighted by atomic mass is 10.1. The molecule has 2 aromatic carbocycles. The number of aromatic nitrogens is 1. The van der Waals surface area contributed by atoms with E-state index in [-0.39, 0.29) is 11.4 Å². The average Bonchev–Trinajstić information content (AvgIpc) is 2.67. The molecule has 0 saturated carbocycles. The molecule has 3 aromatic rings. The lowest BCUT2D eigenvalue weighted by Gasteiger charge is -2.11. The maximum absolute atomic E-state index is 13.1. The van der Waals surface area contributed by atoms with E-state index in [0.29, 0.717) is 17.8 Å². The number of benzene rings is 2. The molecular formula is C21H19FN2O2S. The Balaban J connectivity index is 1.86. The van der Waals surface area contributed by atoms with Gasteiger partial charge in [-0.15, -0.1) is 11.8 Å². The average molecular weight is 382 g/mol. The Bertz CT molecular complexity index is 1030. The summed E-state index contributed by atoms with van der Waals surface area (Å²) in [6.45, 7) is 2.05. The van der Waals surface area contributed by atoms with E-state index < -0.39 is 11.5 Å². The second kappa shape index (κ2) is 8.22. The van der Waals surface area contributed by atoms with E-state index in [9.17, 15) is 14.0 Å². The minimum absolute atomic E-state index is 0.0860. The number of pyridine rings is 1. The lowest BCUT2D eigenvalue weighted by molar-refractivity contribution is 0.0948. The largest absolute Gasteiger partial charge is 0.348 e. The molecule has 138 valence electrons. The molecule has 0 atom stereocenters. The molecule has 0 aliphatic heterocycles. The summed E-state index contributed by atoms with van der Waals surface area (Å²) in [5.41, 5.74) is 1.71. The molecule has 1 amide bonds. The van der Waals surface area contributed by atoms with Gasteiger partial charge < -0.3 is 5.32 Å². The van der Waals surface area contributed by atoms with Gasteiger partial charge in [-0.25, -0.2) is 4.39 Å². The Hall–Kier alpha value is -2.86. The summed E-state index contributed by atoms with van der Waals surface area (Å²) in [6.07, 6.45) is 3.58. The van der Waals surface area contributed by atoms with Gasteiger partial charge in [0.1, 0.15) is 11.4 Å². The number of nitrogens with one attached hydrogen (secondary N) is 1. The van der Waals surface area contributed by atoms with E-state index in [1.165, 1.54) is 28.8 Å². The maximum atomic E-state index is 13.1. The molecule has 0 aliphatic carbocycles. The number of carbonyl (C=O) groups is 1. The highest BCUT2D eigenvalue weighted by molar-refractivity contribution is 7.98. The molecule has 6 heteroatoms. The van der Waals surface area contributed by atoms with Crippen LogP contribution in [0.15, 0.2) is 70.5 Å². The van der Waals surface area contributed by atoms with Gasteiger partial charge in [0.25, 0.3) is 11.5 Å². The molecule has 0 spiro atoms. The van der Waals surface area contributed by atoms with Crippen LogP contribution in [0.25, 0.3) is 5.69 Å². The molecule has 27 heavy (non-hydrogen) atoms. The van der Waals surface area contributed by atoms with Gasteiger partial charge in [-0.2, -0.15) is 0 Å². The van der Waals surface area contributed by atoms with Gasteiger partial charge >= 0.3 is 0 Å². The molecular weight excluding hydrogens is 363 g/mol. The van der Waals surface area contributed by atoms with Crippen LogP contribution >= 0.6 is 11.8 Å². The van der Waals surface area contributed by atoms with Crippen molar-refractivity contribution in [2.45, 2.75) is 18.4 Å². The Labute approximate surface area is 161 Å². The summed E-state index contributed by atoms with van der Waals surface area (Å²) >= 11 is 1.63. The second-order valence-electron chi connectivity index (χ2n) is 6.06. The van der Waals surface area contributed by atoms with E-state index >= 15 is 0 Å². The predicted molar refractivity (Wildman–Crippen MR) is 106 cm³/mol. The van der Waals surface area contributed by atoms with Crippen molar-refractivity contribution in [1.29, 1.82) is 0 Å². The van der Waals surface area contributed by atoms with Crippen LogP contribution in [-0.4, -0.2) is 16.7 Å². The standard InChI is InChI=1S/C21H19FN2O2S/c1-14-10-11-24(17-8-6-16(22)7-9-17)21(26)19(14)20(25)23-13-15-4-3-5-18(12-15)27-2/h3-12H,13H2,1-2H3,(H,23,25). The quantitative estimate of drug-likeness (QED) is 0.680. The first-order valence-electron chi connectivity index (χ1n) is 8.39. The van der Waals surface area contributed by atoms with Crippen molar-refractivity contribution < 1.29 is 9.18 Å². The molecule has 1 heterocycles. The monoisotopic (exact) mass is 382 g/mol. The van der Waals surface area contributed by atoms with Crippen molar-refractivity contribution in [3.8, 4) is 5.69 Å². The molecule has 3 rings (SSSR count). The smallest absolute Gasteiger partial charge is 0.268 e. The van der Waals surface area contributed by atoms with Crippen LogP contribution in [0.5, 0.6) is 0 Å². The van der Waals surface area contributed by atoms with Crippen LogP contribution in [0.2, 0.25) is 0 Å². The van der Waals surface area contributed by atoms with Crippen LogP contribution in [0, 0.1) is 12.7 Å². The zero-order valence-electron chi connectivity index (χ0n) is 15.0. The van der Waals surface area contributed by atoms with Gasteiger partial charge in [0.15, 0.2) is 0 Å². The van der Waals surface area contributed by atoms with E-state index in [1.54, 1.807) is 30.9 Å². The Morgan fingerprint density at radius 3 is 2.59 bits per heavy atom. The van der Waals surface area contributed by atoms with Gasteiger partial charge in [0.05, 0.1) is 0 Å². The number of thioether (sulfide) groups is 1. The third-order valence-electron chi connectivity index (χ3n) is 4.22. The molecule has 0 radical (unpaired) electrons. The fourth-order valence-corrected chi connectivity index (χ4v) is 3.24. The lowest BCUT2D eigenvalue weighted by Crippen LogP contribution is -2.33. The maximum Gasteiger partial charge on any atom is 0.268 e. The van der Waals surface area contributed by atoms with Crippen LogP contribution in [0.3, 0.4) is 0 Å². The third-order valence-corrected chi connectivity index (χ3v) is 4.95. The Morgan fingerprint density at radius 2 is 1.89 bits per heavy atom. The molecule has 0 aliphatic rings. The fourth-order valence-electron chi connectivity index (χ4n) is 2.76. The first kappa shape index (κ1) is 18.9. The van der Waals surface area contributed by atoms with Crippen LogP contribution in [-0.2, 0) is 6.54 Å². The van der Waals surface area contributed by atoms with Crippen molar-refractivity contribution in [2.75, 3.05) is 6.26 Å². The minimum Gasteiger partial charge on any atom is -0.348 e. The molecule has 0 bridgehead atoms. The number of nitrogens with zero attached hydrogens (tertiary/aromatic N) is 1. The fraction of sp³-hybridized carbons (Fsp3) is 0.143. The van der Waals surface area contributed by atoms with Crippen molar-refractivity contribution in [3.05, 3.63) is 93.7 Å². The van der Waals surface area contributed by atoms with E-state index in [0.717, 1.165) is 10.5 Å². The van der Waals surface area contributed by atoms with Crippen LogP contribution in [0.4, 0.5) is 4.39 Å². The molecule has 0 unspecified atom stereocenters. The highest BCUT2D eigenvalue weighted by Gasteiger charge is 2.16. The summed E-state index contributed by atoms with van der Waals surface area (Å²) in [4.78, 5) is 26.6. The highest BCUT2D eigenvalue weighted by Crippen LogP contribution is 2.16. The SMILES string of the molecule is CSc1cccc(CNC(=O)c2c(C)ccn(-c3ccc(F)cc3)c2=O)c1. The molecule has 4 nitrogen and oxygen atoms in total. The second-order valence-corrected chi connectivity index (χ2v) is 6.94. The van der Waals surface area contributed by atoms with Crippen LogP contribution < -0.4 is 10.9 Å². The first-order valence-corrected chi connectivity index (χ1v) is 9.61. The van der Waals surface area contributed by atoms with Crippen molar-refractivity contribution in [2.24, 2.45) is 0 Å². The Morgan fingerprint density at radius 1 is 1.15 bits per heavy atom. The summed E-state index contributed by atoms with van der Waals surface area (Å²) in [5, 5.41) is 2.81. The number of hydrogen-bond acceptors (Lipinski definition) is 3. The van der Waals surface area contributed by atoms with Crippen molar-refractivity contribution in [3.63, 3.8) is 0 Å². The molecule has 0 fully saturated rings. The summed E-state index contributed by atoms with van der Waals surface area (Å²) < 4.78 is 14.5. The number of halogens is 1. The number of hydrogen-bond donors (Lipinski definition) is 1. The van der Waals surface area contributed by atoms with Gasteiger partial charge in [-0.1, -0.05) is 12.1 Å². The summed E-state index contributed by atoms with van der Waals surface area (Å²) in [7, 11) is 0. The number of amides is 1. The normalized spacial score (nSPS) is 10.6. The predicted octanol–water partition coefficient (Wildman–Crippen LogP) is 3.94. The number of rotatable bonds is 5. The number of carbonyl (C=O) groups excluding carboxylic acids is 1. The zero-order chi connectivity index (χ0) is 19.4. The van der Waals surface area contributed by atoms with Gasteiger partial charge in [0, 0.05) is 23.3 Å². The zero-order valence-corrected chi connectivity index (χ0v) is 15.8.